The Morgan fingerprint density at radius 1 is 1.15 bits per heavy atom. The molecule has 3 nitrogen and oxygen atoms in total. The monoisotopic (exact) mass is 280 g/mol. The predicted molar refractivity (Wildman–Crippen MR) is 82.7 cm³/mol. The molecule has 0 aromatic heterocycles. The smallest absolute Gasteiger partial charge is 0.0703 e. The van der Waals surface area contributed by atoms with Crippen molar-refractivity contribution in [2.45, 2.75) is 69.9 Å². The van der Waals surface area contributed by atoms with Crippen molar-refractivity contribution < 1.29 is 4.74 Å². The van der Waals surface area contributed by atoms with E-state index in [4.69, 9.17) is 10.5 Å². The third-order valence-corrected chi connectivity index (χ3v) is 6.03. The maximum Gasteiger partial charge on any atom is 0.0703 e. The fourth-order valence-corrected chi connectivity index (χ4v) is 4.65. The molecule has 1 aliphatic heterocycles. The van der Waals surface area contributed by atoms with Crippen LogP contribution in [0.2, 0.25) is 0 Å². The van der Waals surface area contributed by atoms with Gasteiger partial charge in [0, 0.05) is 25.2 Å². The number of nitrogens with two attached hydrogens (primary N) is 1. The molecule has 3 fully saturated rings. The van der Waals surface area contributed by atoms with Gasteiger partial charge < -0.3 is 10.5 Å². The summed E-state index contributed by atoms with van der Waals surface area (Å²) in [7, 11) is 0. The lowest BCUT2D eigenvalue weighted by atomic mass is 9.72. The third-order valence-electron chi connectivity index (χ3n) is 6.03. The molecular formula is C17H32N2O. The maximum atomic E-state index is 6.29. The molecular weight excluding hydrogens is 248 g/mol. The first-order chi connectivity index (χ1) is 9.77. The van der Waals surface area contributed by atoms with Crippen molar-refractivity contribution in [1.82, 2.24) is 4.90 Å². The standard InChI is InChI=1S/C17H32N2O/c1-2-19(12-16-6-4-10-20-16)17(13-18)9-3-5-15(11-17)14-7-8-14/h14-16H,2-13,18H2,1H3. The van der Waals surface area contributed by atoms with Gasteiger partial charge in [-0.3, -0.25) is 4.90 Å². The van der Waals surface area contributed by atoms with Gasteiger partial charge in [-0.05, 0) is 56.9 Å². The Morgan fingerprint density at radius 3 is 2.60 bits per heavy atom. The first-order valence-corrected chi connectivity index (χ1v) is 8.84. The molecule has 20 heavy (non-hydrogen) atoms. The fraction of sp³-hybridized carbons (Fsp3) is 1.00. The largest absolute Gasteiger partial charge is 0.377 e. The zero-order valence-corrected chi connectivity index (χ0v) is 13.2. The second-order valence-electron chi connectivity index (χ2n) is 7.30. The van der Waals surface area contributed by atoms with Gasteiger partial charge in [0.15, 0.2) is 0 Å². The van der Waals surface area contributed by atoms with Crippen LogP contribution in [0.3, 0.4) is 0 Å². The zero-order chi connectivity index (χ0) is 14.0. The molecule has 2 N–H and O–H groups in total. The van der Waals surface area contributed by atoms with E-state index in [-0.39, 0.29) is 5.54 Å². The molecule has 0 radical (unpaired) electrons. The van der Waals surface area contributed by atoms with Crippen LogP contribution >= 0.6 is 0 Å². The first kappa shape index (κ1) is 14.8. The molecule has 0 spiro atoms. The van der Waals surface area contributed by atoms with Gasteiger partial charge in [0.2, 0.25) is 0 Å². The highest BCUT2D eigenvalue weighted by Gasteiger charge is 2.44. The molecule has 0 amide bonds. The van der Waals surface area contributed by atoms with E-state index >= 15 is 0 Å². The van der Waals surface area contributed by atoms with E-state index in [9.17, 15) is 0 Å². The molecule has 2 saturated carbocycles. The summed E-state index contributed by atoms with van der Waals surface area (Å²) in [5.41, 5.74) is 6.56. The highest BCUT2D eigenvalue weighted by molar-refractivity contribution is 5.00. The van der Waals surface area contributed by atoms with E-state index in [1.807, 2.05) is 0 Å². The van der Waals surface area contributed by atoms with Crippen molar-refractivity contribution in [3.63, 3.8) is 0 Å². The van der Waals surface area contributed by atoms with Gasteiger partial charge >= 0.3 is 0 Å². The van der Waals surface area contributed by atoms with Crippen molar-refractivity contribution in [2.75, 3.05) is 26.2 Å². The van der Waals surface area contributed by atoms with Gasteiger partial charge in [-0.2, -0.15) is 0 Å². The second-order valence-corrected chi connectivity index (χ2v) is 7.30. The topological polar surface area (TPSA) is 38.5 Å². The highest BCUT2D eigenvalue weighted by Crippen LogP contribution is 2.48. The Kier molecular flexibility index (Phi) is 4.68. The average Bonchev–Trinajstić information content (AvgIpc) is 3.22. The molecule has 3 aliphatic rings. The van der Waals surface area contributed by atoms with E-state index < -0.39 is 0 Å². The summed E-state index contributed by atoms with van der Waals surface area (Å²) in [5, 5.41) is 0. The van der Waals surface area contributed by atoms with Crippen LogP contribution in [0.1, 0.15) is 58.3 Å². The van der Waals surface area contributed by atoms with Gasteiger partial charge in [0.25, 0.3) is 0 Å². The number of ether oxygens (including phenoxy) is 1. The fourth-order valence-electron chi connectivity index (χ4n) is 4.65. The van der Waals surface area contributed by atoms with Crippen molar-refractivity contribution in [1.29, 1.82) is 0 Å². The van der Waals surface area contributed by atoms with E-state index in [1.54, 1.807) is 0 Å². The quantitative estimate of drug-likeness (QED) is 0.813. The van der Waals surface area contributed by atoms with Crippen LogP contribution in [0.15, 0.2) is 0 Å². The van der Waals surface area contributed by atoms with Gasteiger partial charge in [-0.25, -0.2) is 0 Å². The average molecular weight is 280 g/mol. The summed E-state index contributed by atoms with van der Waals surface area (Å²) in [6.45, 7) is 6.31. The summed E-state index contributed by atoms with van der Waals surface area (Å²) in [5.74, 6) is 1.98. The lowest BCUT2D eigenvalue weighted by Gasteiger charge is -2.49. The summed E-state index contributed by atoms with van der Waals surface area (Å²) in [6.07, 6.45) is 11.4. The molecule has 0 aromatic rings. The summed E-state index contributed by atoms with van der Waals surface area (Å²) in [4.78, 5) is 2.68. The molecule has 0 bridgehead atoms. The summed E-state index contributed by atoms with van der Waals surface area (Å²) < 4.78 is 5.87. The maximum absolute atomic E-state index is 6.29. The van der Waals surface area contributed by atoms with Gasteiger partial charge in [-0.1, -0.05) is 19.8 Å². The SMILES string of the molecule is CCN(CC1CCCO1)C1(CN)CCCC(C2CC2)C1. The Morgan fingerprint density at radius 2 is 2.00 bits per heavy atom. The minimum absolute atomic E-state index is 0.270. The molecule has 2 aliphatic carbocycles. The van der Waals surface area contributed by atoms with Crippen LogP contribution in [0.5, 0.6) is 0 Å². The Hall–Kier alpha value is -0.120. The molecule has 1 saturated heterocycles. The third kappa shape index (κ3) is 3.05. The molecule has 116 valence electrons. The van der Waals surface area contributed by atoms with Crippen molar-refractivity contribution >= 4 is 0 Å². The number of rotatable bonds is 6. The highest BCUT2D eigenvalue weighted by atomic mass is 16.5. The number of hydrogen-bond acceptors (Lipinski definition) is 3. The van der Waals surface area contributed by atoms with Crippen molar-refractivity contribution in [2.24, 2.45) is 17.6 Å². The van der Waals surface area contributed by atoms with E-state index in [0.29, 0.717) is 6.10 Å². The molecule has 1 heterocycles. The predicted octanol–water partition coefficient (Wildman–Crippen LogP) is 2.79. The van der Waals surface area contributed by atoms with E-state index in [0.717, 1.165) is 38.1 Å². The number of hydrogen-bond donors (Lipinski definition) is 1. The lowest BCUT2D eigenvalue weighted by molar-refractivity contribution is -0.00706. The van der Waals surface area contributed by atoms with Crippen molar-refractivity contribution in [3.05, 3.63) is 0 Å². The molecule has 3 heteroatoms. The first-order valence-electron chi connectivity index (χ1n) is 8.84. The molecule has 0 aromatic carbocycles. The number of nitrogens with zero attached hydrogens (tertiary/aromatic N) is 1. The number of likely N-dealkylation sites (N-methyl/N-ethyl adjacent to an activating group) is 1. The minimum Gasteiger partial charge on any atom is -0.377 e. The van der Waals surface area contributed by atoms with Gasteiger partial charge in [-0.15, -0.1) is 0 Å². The Balaban J connectivity index is 1.67. The van der Waals surface area contributed by atoms with Gasteiger partial charge in [0.1, 0.15) is 0 Å². The molecule has 3 rings (SSSR count). The van der Waals surface area contributed by atoms with Gasteiger partial charge in [0.05, 0.1) is 6.10 Å². The molecule has 3 atom stereocenters. The van der Waals surface area contributed by atoms with Crippen molar-refractivity contribution in [3.8, 4) is 0 Å². The van der Waals surface area contributed by atoms with Crippen LogP contribution in [0, 0.1) is 11.8 Å². The summed E-state index contributed by atoms with van der Waals surface area (Å²) in [6, 6.07) is 0. The van der Waals surface area contributed by atoms with Crippen LogP contribution in [-0.4, -0.2) is 42.8 Å². The Labute approximate surface area is 124 Å². The van der Waals surface area contributed by atoms with Crippen LogP contribution in [0.25, 0.3) is 0 Å². The van der Waals surface area contributed by atoms with Crippen LogP contribution in [-0.2, 0) is 4.74 Å². The van der Waals surface area contributed by atoms with E-state index in [1.165, 1.54) is 51.4 Å². The Bertz CT molecular complexity index is 312. The molecule has 3 unspecified atom stereocenters. The summed E-state index contributed by atoms with van der Waals surface area (Å²) >= 11 is 0. The van der Waals surface area contributed by atoms with E-state index in [2.05, 4.69) is 11.8 Å². The minimum atomic E-state index is 0.270. The van der Waals surface area contributed by atoms with Crippen LogP contribution in [0.4, 0.5) is 0 Å². The normalized spacial score (nSPS) is 38.5. The zero-order valence-electron chi connectivity index (χ0n) is 13.2. The second kappa shape index (κ2) is 6.33. The lowest BCUT2D eigenvalue weighted by Crippen LogP contribution is -2.58. The van der Waals surface area contributed by atoms with Crippen LogP contribution < -0.4 is 5.73 Å².